The van der Waals surface area contributed by atoms with Gasteiger partial charge in [0, 0.05) is 6.42 Å². The van der Waals surface area contributed by atoms with Crippen molar-refractivity contribution in [3.63, 3.8) is 0 Å². The molecule has 0 aliphatic rings. The second-order valence-corrected chi connectivity index (χ2v) is 2.88. The van der Waals surface area contributed by atoms with Crippen LogP contribution in [-0.4, -0.2) is 18.9 Å². The quantitative estimate of drug-likeness (QED) is 0.466. The summed E-state index contributed by atoms with van der Waals surface area (Å²) in [4.78, 5) is 11.2. The van der Waals surface area contributed by atoms with E-state index >= 15 is 0 Å². The lowest BCUT2D eigenvalue weighted by molar-refractivity contribution is -0.120. The number of carbonyl (C=O) groups is 1. The molecule has 2 nitrogen and oxygen atoms in total. The molecule has 0 radical (unpaired) electrons. The van der Waals surface area contributed by atoms with Gasteiger partial charge in [-0.25, -0.2) is 0 Å². The first kappa shape index (κ1) is 11.4. The van der Waals surface area contributed by atoms with E-state index in [4.69, 9.17) is 0 Å². The summed E-state index contributed by atoms with van der Waals surface area (Å²) in [5.74, 6) is 0.307. The van der Waals surface area contributed by atoms with Crippen LogP contribution < -0.4 is 5.32 Å². The molecule has 0 aromatic rings. The van der Waals surface area contributed by atoms with Crippen LogP contribution >= 0.6 is 0 Å². The van der Waals surface area contributed by atoms with Crippen LogP contribution in [0.1, 0.15) is 32.6 Å². The topological polar surface area (TPSA) is 29.1 Å². The standard InChI is InChI=1S/C10H19NO/c1-4-6-7-8-9(11-3)10(12)5-2/h4,9,11H,1,5-8H2,2-3H3. The first-order valence-corrected chi connectivity index (χ1v) is 4.57. The Hall–Kier alpha value is -0.630. The van der Waals surface area contributed by atoms with Gasteiger partial charge in [-0.2, -0.15) is 0 Å². The smallest absolute Gasteiger partial charge is 0.149 e. The zero-order valence-electron chi connectivity index (χ0n) is 8.10. The van der Waals surface area contributed by atoms with Gasteiger partial charge in [-0.1, -0.05) is 13.0 Å². The number of hydrogen-bond donors (Lipinski definition) is 1. The average Bonchev–Trinajstić information content (AvgIpc) is 2.11. The fourth-order valence-electron chi connectivity index (χ4n) is 1.18. The lowest BCUT2D eigenvalue weighted by atomic mass is 10.0. The molecule has 12 heavy (non-hydrogen) atoms. The van der Waals surface area contributed by atoms with Gasteiger partial charge in [0.05, 0.1) is 6.04 Å². The maximum absolute atomic E-state index is 11.2. The molecule has 0 rings (SSSR count). The van der Waals surface area contributed by atoms with Gasteiger partial charge in [-0.05, 0) is 26.3 Å². The Morgan fingerprint density at radius 2 is 2.33 bits per heavy atom. The molecule has 0 spiro atoms. The minimum absolute atomic E-state index is 0.0509. The normalized spacial score (nSPS) is 12.5. The summed E-state index contributed by atoms with van der Waals surface area (Å²) in [6, 6.07) is 0.0509. The predicted molar refractivity (Wildman–Crippen MR) is 52.2 cm³/mol. The lowest BCUT2D eigenvalue weighted by Crippen LogP contribution is -2.33. The summed E-state index contributed by atoms with van der Waals surface area (Å²) in [5, 5.41) is 3.03. The van der Waals surface area contributed by atoms with E-state index in [1.165, 1.54) is 0 Å². The van der Waals surface area contributed by atoms with E-state index in [9.17, 15) is 4.79 Å². The van der Waals surface area contributed by atoms with E-state index in [1.54, 1.807) is 0 Å². The van der Waals surface area contributed by atoms with Crippen LogP contribution in [-0.2, 0) is 4.79 Å². The van der Waals surface area contributed by atoms with E-state index < -0.39 is 0 Å². The fourth-order valence-corrected chi connectivity index (χ4v) is 1.18. The van der Waals surface area contributed by atoms with Crippen LogP contribution in [0.25, 0.3) is 0 Å². The molecule has 0 saturated heterocycles. The highest BCUT2D eigenvalue weighted by Gasteiger charge is 2.12. The summed E-state index contributed by atoms with van der Waals surface area (Å²) in [5.41, 5.74) is 0. The third-order valence-electron chi connectivity index (χ3n) is 1.99. The molecule has 2 heteroatoms. The molecular weight excluding hydrogens is 150 g/mol. The van der Waals surface area contributed by atoms with Gasteiger partial charge in [0.2, 0.25) is 0 Å². The van der Waals surface area contributed by atoms with E-state index in [1.807, 2.05) is 20.0 Å². The van der Waals surface area contributed by atoms with Crippen LogP contribution in [0.2, 0.25) is 0 Å². The number of ketones is 1. The van der Waals surface area contributed by atoms with Crippen molar-refractivity contribution in [2.45, 2.75) is 38.6 Å². The molecule has 0 amide bonds. The Morgan fingerprint density at radius 1 is 1.67 bits per heavy atom. The van der Waals surface area contributed by atoms with Crippen molar-refractivity contribution in [1.29, 1.82) is 0 Å². The summed E-state index contributed by atoms with van der Waals surface area (Å²) < 4.78 is 0. The zero-order chi connectivity index (χ0) is 9.40. The van der Waals surface area contributed by atoms with Gasteiger partial charge in [-0.15, -0.1) is 6.58 Å². The van der Waals surface area contributed by atoms with Crippen LogP contribution in [0.5, 0.6) is 0 Å². The molecule has 0 aromatic carbocycles. The highest BCUT2D eigenvalue weighted by atomic mass is 16.1. The van der Waals surface area contributed by atoms with Crippen molar-refractivity contribution >= 4 is 5.78 Å². The van der Waals surface area contributed by atoms with Gasteiger partial charge >= 0.3 is 0 Å². The Bertz CT molecular complexity index is 143. The van der Waals surface area contributed by atoms with Crippen molar-refractivity contribution in [3.05, 3.63) is 12.7 Å². The highest BCUT2D eigenvalue weighted by Crippen LogP contribution is 2.03. The largest absolute Gasteiger partial charge is 0.311 e. The summed E-state index contributed by atoms with van der Waals surface area (Å²) >= 11 is 0. The Balaban J connectivity index is 3.66. The maximum Gasteiger partial charge on any atom is 0.149 e. The molecule has 0 aliphatic heterocycles. The maximum atomic E-state index is 11.2. The van der Waals surface area contributed by atoms with E-state index in [-0.39, 0.29) is 6.04 Å². The molecule has 0 aromatic heterocycles. The van der Waals surface area contributed by atoms with Crippen molar-refractivity contribution in [2.75, 3.05) is 7.05 Å². The van der Waals surface area contributed by atoms with Gasteiger partial charge in [0.1, 0.15) is 5.78 Å². The molecule has 0 saturated carbocycles. The van der Waals surface area contributed by atoms with Crippen molar-refractivity contribution in [2.24, 2.45) is 0 Å². The second-order valence-electron chi connectivity index (χ2n) is 2.88. The van der Waals surface area contributed by atoms with Crippen LogP contribution in [0.4, 0.5) is 0 Å². The highest BCUT2D eigenvalue weighted by molar-refractivity contribution is 5.83. The molecule has 1 unspecified atom stereocenters. The van der Waals surface area contributed by atoms with Gasteiger partial charge < -0.3 is 5.32 Å². The first-order valence-electron chi connectivity index (χ1n) is 4.57. The molecule has 70 valence electrons. The van der Waals surface area contributed by atoms with Crippen LogP contribution in [0.3, 0.4) is 0 Å². The Labute approximate surface area is 75.0 Å². The monoisotopic (exact) mass is 169 g/mol. The van der Waals surface area contributed by atoms with Gasteiger partial charge in [0.25, 0.3) is 0 Å². The van der Waals surface area contributed by atoms with Crippen molar-refractivity contribution in [1.82, 2.24) is 5.32 Å². The number of hydrogen-bond acceptors (Lipinski definition) is 2. The van der Waals surface area contributed by atoms with Crippen molar-refractivity contribution < 1.29 is 4.79 Å². The third-order valence-corrected chi connectivity index (χ3v) is 1.99. The Morgan fingerprint density at radius 3 is 2.75 bits per heavy atom. The second kappa shape index (κ2) is 7.04. The zero-order valence-corrected chi connectivity index (χ0v) is 8.10. The fraction of sp³-hybridized carbons (Fsp3) is 0.700. The lowest BCUT2D eigenvalue weighted by Gasteiger charge is -2.12. The number of nitrogens with one attached hydrogen (secondary N) is 1. The predicted octanol–water partition coefficient (Wildman–Crippen LogP) is 1.91. The summed E-state index contributed by atoms with van der Waals surface area (Å²) in [6.45, 7) is 5.55. The number of allylic oxidation sites excluding steroid dienone is 1. The number of rotatable bonds is 7. The van der Waals surface area contributed by atoms with Crippen LogP contribution in [0.15, 0.2) is 12.7 Å². The van der Waals surface area contributed by atoms with Gasteiger partial charge in [0.15, 0.2) is 0 Å². The summed E-state index contributed by atoms with van der Waals surface area (Å²) in [6.07, 6.45) is 5.48. The number of carbonyl (C=O) groups excluding carboxylic acids is 1. The number of likely N-dealkylation sites (N-methyl/N-ethyl adjacent to an activating group) is 1. The summed E-state index contributed by atoms with van der Waals surface area (Å²) in [7, 11) is 1.84. The number of unbranched alkanes of at least 4 members (excludes halogenated alkanes) is 1. The molecule has 1 N–H and O–H groups in total. The molecule has 0 bridgehead atoms. The molecular formula is C10H19NO. The number of Topliss-reactive ketones (excluding diaryl/α,β-unsaturated/α-hetero) is 1. The Kier molecular flexibility index (Phi) is 6.67. The van der Waals surface area contributed by atoms with E-state index in [0.29, 0.717) is 12.2 Å². The van der Waals surface area contributed by atoms with Crippen LogP contribution in [0, 0.1) is 0 Å². The first-order chi connectivity index (χ1) is 5.76. The van der Waals surface area contributed by atoms with Crippen molar-refractivity contribution in [3.8, 4) is 0 Å². The molecule has 0 fully saturated rings. The minimum atomic E-state index is 0.0509. The van der Waals surface area contributed by atoms with E-state index in [2.05, 4.69) is 11.9 Å². The minimum Gasteiger partial charge on any atom is -0.311 e. The molecule has 0 aliphatic carbocycles. The van der Waals surface area contributed by atoms with Gasteiger partial charge in [-0.3, -0.25) is 4.79 Å². The average molecular weight is 169 g/mol. The van der Waals surface area contributed by atoms with E-state index in [0.717, 1.165) is 19.3 Å². The molecule has 0 heterocycles. The third kappa shape index (κ3) is 4.29. The molecule has 1 atom stereocenters. The SMILES string of the molecule is C=CCCCC(NC)C(=O)CC.